The summed E-state index contributed by atoms with van der Waals surface area (Å²) in [5, 5.41) is 11.8. The van der Waals surface area contributed by atoms with Crippen LogP contribution in [0.5, 0.6) is 0 Å². The second-order valence-corrected chi connectivity index (χ2v) is 3.81. The van der Waals surface area contributed by atoms with Crippen LogP contribution in [0.15, 0.2) is 29.2 Å². The van der Waals surface area contributed by atoms with Gasteiger partial charge in [0.25, 0.3) is 0 Å². The minimum atomic E-state index is 0.273. The van der Waals surface area contributed by atoms with Gasteiger partial charge in [-0.15, -0.1) is 11.8 Å². The molecule has 86 valence electrons. The van der Waals surface area contributed by atoms with E-state index < -0.39 is 0 Å². The molecule has 0 atom stereocenters. The zero-order valence-corrected chi connectivity index (χ0v) is 10.6. The minimum absolute atomic E-state index is 0.273. The average molecular weight is 227 g/mol. The zero-order chi connectivity index (χ0) is 11.5. The Morgan fingerprint density at radius 1 is 1.27 bits per heavy atom. The van der Waals surface area contributed by atoms with E-state index in [2.05, 4.69) is 17.4 Å². The molecule has 0 heterocycles. The van der Waals surface area contributed by atoms with Crippen LogP contribution in [-0.4, -0.2) is 24.5 Å². The lowest BCUT2D eigenvalue weighted by Gasteiger charge is -2.07. The Hall–Kier alpha value is -0.670. The molecular weight excluding hydrogens is 206 g/mol. The van der Waals surface area contributed by atoms with Crippen LogP contribution in [0.1, 0.15) is 20.3 Å². The van der Waals surface area contributed by atoms with Gasteiger partial charge in [0.1, 0.15) is 0 Å². The SMILES string of the molecule is CC.CNc1ccccc1SCCCO. The minimum Gasteiger partial charge on any atom is -0.396 e. The molecule has 1 aromatic rings. The van der Waals surface area contributed by atoms with Crippen molar-refractivity contribution < 1.29 is 5.11 Å². The van der Waals surface area contributed by atoms with Gasteiger partial charge in [-0.2, -0.15) is 0 Å². The molecule has 3 heteroatoms. The molecule has 0 fully saturated rings. The van der Waals surface area contributed by atoms with E-state index in [1.807, 2.05) is 33.0 Å². The first-order chi connectivity index (χ1) is 7.38. The molecule has 15 heavy (non-hydrogen) atoms. The van der Waals surface area contributed by atoms with E-state index in [1.54, 1.807) is 11.8 Å². The Bertz CT molecular complexity index is 253. The molecule has 2 N–H and O–H groups in total. The lowest BCUT2D eigenvalue weighted by Crippen LogP contribution is -1.91. The number of anilines is 1. The lowest BCUT2D eigenvalue weighted by molar-refractivity contribution is 0.296. The average Bonchev–Trinajstić information content (AvgIpc) is 2.33. The molecule has 0 radical (unpaired) electrons. The molecule has 0 amide bonds. The number of hydrogen-bond donors (Lipinski definition) is 2. The van der Waals surface area contributed by atoms with E-state index in [-0.39, 0.29) is 6.61 Å². The van der Waals surface area contributed by atoms with Crippen LogP contribution < -0.4 is 5.32 Å². The summed E-state index contributed by atoms with van der Waals surface area (Å²) in [4.78, 5) is 1.25. The molecule has 0 bridgehead atoms. The van der Waals surface area contributed by atoms with Crippen LogP contribution >= 0.6 is 11.8 Å². The fourth-order valence-electron chi connectivity index (χ4n) is 1.05. The summed E-state index contributed by atoms with van der Waals surface area (Å²) in [5.41, 5.74) is 1.16. The maximum Gasteiger partial charge on any atom is 0.0475 e. The van der Waals surface area contributed by atoms with E-state index >= 15 is 0 Å². The van der Waals surface area contributed by atoms with Crippen molar-refractivity contribution in [1.82, 2.24) is 0 Å². The van der Waals surface area contributed by atoms with Crippen molar-refractivity contribution in [1.29, 1.82) is 0 Å². The number of aliphatic hydroxyl groups is 1. The van der Waals surface area contributed by atoms with Gasteiger partial charge in [0.15, 0.2) is 0 Å². The lowest BCUT2D eigenvalue weighted by atomic mass is 10.3. The largest absolute Gasteiger partial charge is 0.396 e. The van der Waals surface area contributed by atoms with E-state index in [0.29, 0.717) is 0 Å². The van der Waals surface area contributed by atoms with E-state index in [4.69, 9.17) is 5.11 Å². The van der Waals surface area contributed by atoms with Gasteiger partial charge in [-0.05, 0) is 18.6 Å². The van der Waals surface area contributed by atoms with Gasteiger partial charge in [0.2, 0.25) is 0 Å². The number of nitrogens with one attached hydrogen (secondary N) is 1. The second kappa shape index (κ2) is 9.87. The summed E-state index contributed by atoms with van der Waals surface area (Å²) in [6, 6.07) is 8.19. The molecular formula is C12H21NOS. The fourth-order valence-corrected chi connectivity index (χ4v) is 2.04. The molecule has 0 saturated heterocycles. The quantitative estimate of drug-likeness (QED) is 0.598. The normalized spacial score (nSPS) is 9.07. The Kier molecular flexibility index (Phi) is 9.43. The highest BCUT2D eigenvalue weighted by molar-refractivity contribution is 7.99. The molecule has 1 rings (SSSR count). The summed E-state index contributed by atoms with van der Waals surface area (Å²) in [7, 11) is 1.92. The van der Waals surface area contributed by atoms with Crippen LogP contribution in [-0.2, 0) is 0 Å². The first-order valence-corrected chi connectivity index (χ1v) is 6.37. The standard InChI is InChI=1S/C10H15NOS.C2H6/c1-11-9-5-2-3-6-10(9)13-8-4-7-12;1-2/h2-3,5-6,11-12H,4,7-8H2,1H3;1-2H3. The third-order valence-electron chi connectivity index (χ3n) is 1.72. The van der Waals surface area contributed by atoms with Gasteiger partial charge in [-0.25, -0.2) is 0 Å². The van der Waals surface area contributed by atoms with Crippen molar-refractivity contribution in [2.24, 2.45) is 0 Å². The van der Waals surface area contributed by atoms with Gasteiger partial charge < -0.3 is 10.4 Å². The highest BCUT2D eigenvalue weighted by Crippen LogP contribution is 2.26. The van der Waals surface area contributed by atoms with E-state index in [0.717, 1.165) is 17.9 Å². The van der Waals surface area contributed by atoms with Crippen molar-refractivity contribution in [2.45, 2.75) is 25.2 Å². The fraction of sp³-hybridized carbons (Fsp3) is 0.500. The van der Waals surface area contributed by atoms with Crippen LogP contribution in [0, 0.1) is 0 Å². The molecule has 0 aliphatic rings. The van der Waals surface area contributed by atoms with Gasteiger partial charge in [0.05, 0.1) is 0 Å². The number of benzene rings is 1. The predicted octanol–water partition coefficient (Wildman–Crippen LogP) is 3.23. The molecule has 1 aromatic carbocycles. The topological polar surface area (TPSA) is 32.3 Å². The van der Waals surface area contributed by atoms with Crippen molar-refractivity contribution in [3.63, 3.8) is 0 Å². The summed E-state index contributed by atoms with van der Waals surface area (Å²) < 4.78 is 0. The van der Waals surface area contributed by atoms with Crippen LogP contribution in [0.4, 0.5) is 5.69 Å². The molecule has 2 nitrogen and oxygen atoms in total. The van der Waals surface area contributed by atoms with E-state index in [9.17, 15) is 0 Å². The van der Waals surface area contributed by atoms with Crippen LogP contribution in [0.25, 0.3) is 0 Å². The maximum atomic E-state index is 8.64. The number of hydrogen-bond acceptors (Lipinski definition) is 3. The molecule has 0 unspecified atom stereocenters. The third-order valence-corrected chi connectivity index (χ3v) is 2.88. The monoisotopic (exact) mass is 227 g/mol. The van der Waals surface area contributed by atoms with Crippen LogP contribution in [0.3, 0.4) is 0 Å². The Balaban J connectivity index is 0.000000921. The first kappa shape index (κ1) is 14.3. The Morgan fingerprint density at radius 3 is 2.53 bits per heavy atom. The van der Waals surface area contributed by atoms with Gasteiger partial charge in [-0.3, -0.25) is 0 Å². The summed E-state index contributed by atoms with van der Waals surface area (Å²) in [6.07, 6.45) is 0.850. The molecule has 0 aromatic heterocycles. The van der Waals surface area contributed by atoms with Crippen LogP contribution in [0.2, 0.25) is 0 Å². The smallest absolute Gasteiger partial charge is 0.0475 e. The van der Waals surface area contributed by atoms with E-state index in [1.165, 1.54) is 4.90 Å². The molecule has 0 saturated carbocycles. The van der Waals surface area contributed by atoms with Crippen molar-refractivity contribution in [3.05, 3.63) is 24.3 Å². The maximum absolute atomic E-state index is 8.64. The number of aliphatic hydroxyl groups excluding tert-OH is 1. The highest BCUT2D eigenvalue weighted by Gasteiger charge is 1.98. The Morgan fingerprint density at radius 2 is 1.93 bits per heavy atom. The zero-order valence-electron chi connectivity index (χ0n) is 9.79. The molecule has 0 aliphatic heterocycles. The Labute approximate surface area is 97.1 Å². The highest BCUT2D eigenvalue weighted by atomic mass is 32.2. The number of rotatable bonds is 5. The van der Waals surface area contributed by atoms with Crippen molar-refractivity contribution in [3.8, 4) is 0 Å². The summed E-state index contributed by atoms with van der Waals surface area (Å²) in [5.74, 6) is 0.967. The number of thioether (sulfide) groups is 1. The molecule has 0 spiro atoms. The number of para-hydroxylation sites is 1. The summed E-state index contributed by atoms with van der Waals surface area (Å²) >= 11 is 1.77. The second-order valence-electron chi connectivity index (χ2n) is 2.67. The first-order valence-electron chi connectivity index (χ1n) is 5.39. The van der Waals surface area contributed by atoms with Crippen molar-refractivity contribution in [2.75, 3.05) is 24.7 Å². The summed E-state index contributed by atoms with van der Waals surface area (Å²) in [6.45, 7) is 4.27. The van der Waals surface area contributed by atoms with Gasteiger partial charge >= 0.3 is 0 Å². The third kappa shape index (κ3) is 5.70. The molecule has 0 aliphatic carbocycles. The van der Waals surface area contributed by atoms with Gasteiger partial charge in [0, 0.05) is 30.0 Å². The predicted molar refractivity (Wildman–Crippen MR) is 69.8 cm³/mol. The van der Waals surface area contributed by atoms with Gasteiger partial charge in [-0.1, -0.05) is 26.0 Å². The van der Waals surface area contributed by atoms with Crippen molar-refractivity contribution >= 4 is 17.4 Å².